The van der Waals surface area contributed by atoms with Crippen molar-refractivity contribution < 1.29 is 43.4 Å². The zero-order valence-corrected chi connectivity index (χ0v) is 31.1. The molecule has 51 heavy (non-hydrogen) atoms. The van der Waals surface area contributed by atoms with E-state index >= 15 is 0 Å². The van der Waals surface area contributed by atoms with Gasteiger partial charge < -0.3 is 52.8 Å². The molecule has 0 bridgehead atoms. The number of carbonyl (C=O) groups excluding carboxylic acids is 6. The molecule has 1 aliphatic heterocycles. The van der Waals surface area contributed by atoms with Crippen LogP contribution in [0.15, 0.2) is 18.2 Å². The number of urea groups is 1. The molecule has 17 nitrogen and oxygen atoms in total. The number of nitrogens with two attached hydrogens (primary N) is 2. The van der Waals surface area contributed by atoms with Crippen LogP contribution in [0.25, 0.3) is 0 Å². The predicted molar refractivity (Wildman–Crippen MR) is 192 cm³/mol. The van der Waals surface area contributed by atoms with E-state index in [0.717, 1.165) is 6.42 Å². The third kappa shape index (κ3) is 19.9. The number of aliphatic carboxylic acids is 1. The molecule has 1 saturated heterocycles. The van der Waals surface area contributed by atoms with Crippen molar-refractivity contribution in [2.45, 2.75) is 93.0 Å². The molecular weight excluding hydrogens is 664 g/mol. The first kappa shape index (κ1) is 46.2. The molecule has 17 heteroatoms. The number of benzene rings is 1. The highest BCUT2D eigenvalue weighted by atomic mass is 16.5. The van der Waals surface area contributed by atoms with Crippen molar-refractivity contribution in [3.63, 3.8) is 0 Å². The summed E-state index contributed by atoms with van der Waals surface area (Å²) in [7, 11) is 0. The number of nitrogens with zero attached hydrogens (tertiary/aromatic N) is 1. The van der Waals surface area contributed by atoms with Crippen LogP contribution in [0, 0.1) is 11.8 Å². The van der Waals surface area contributed by atoms with Gasteiger partial charge in [0.2, 0.25) is 17.7 Å². The highest BCUT2D eigenvalue weighted by Crippen LogP contribution is 2.22. The number of carboxylic acid groups (broad SMARTS) is 1. The van der Waals surface area contributed by atoms with Crippen molar-refractivity contribution in [3.8, 4) is 0 Å². The summed E-state index contributed by atoms with van der Waals surface area (Å²) in [6.07, 6.45) is 1.16. The Labute approximate surface area is 300 Å². The van der Waals surface area contributed by atoms with Gasteiger partial charge in [0.15, 0.2) is 0 Å². The number of primary amides is 1. The number of esters is 1. The van der Waals surface area contributed by atoms with Crippen molar-refractivity contribution in [2.24, 2.45) is 23.3 Å². The van der Waals surface area contributed by atoms with E-state index in [4.69, 9.17) is 21.3 Å². The van der Waals surface area contributed by atoms with Crippen LogP contribution in [-0.2, 0) is 35.3 Å². The highest BCUT2D eigenvalue weighted by Gasteiger charge is 2.30. The van der Waals surface area contributed by atoms with Crippen LogP contribution in [0.4, 0.5) is 10.5 Å². The van der Waals surface area contributed by atoms with E-state index in [1.807, 2.05) is 20.8 Å². The Bertz CT molecular complexity index is 1310. The maximum Gasteiger partial charge on any atom is 0.312 e. The Morgan fingerprint density at radius 1 is 0.941 bits per heavy atom. The lowest BCUT2D eigenvalue weighted by Crippen LogP contribution is -2.57. The zero-order chi connectivity index (χ0) is 39.3. The second-order valence-electron chi connectivity index (χ2n) is 12.7. The minimum absolute atomic E-state index is 0.0751. The van der Waals surface area contributed by atoms with Crippen molar-refractivity contribution in [2.75, 3.05) is 38.0 Å². The van der Waals surface area contributed by atoms with Gasteiger partial charge in [0.1, 0.15) is 12.6 Å². The average Bonchev–Trinajstić information content (AvgIpc) is 3.05. The van der Waals surface area contributed by atoms with Crippen LogP contribution >= 0.6 is 0 Å². The molecule has 1 aliphatic rings. The van der Waals surface area contributed by atoms with Gasteiger partial charge >= 0.3 is 18.0 Å². The Kier molecular flexibility index (Phi) is 22.1. The summed E-state index contributed by atoms with van der Waals surface area (Å²) in [4.78, 5) is 83.3. The first-order chi connectivity index (χ1) is 23.8. The number of rotatable bonds is 16. The molecule has 1 aromatic rings. The normalized spacial score (nSPS) is 12.7. The van der Waals surface area contributed by atoms with Gasteiger partial charge in [0.05, 0.1) is 19.0 Å². The van der Waals surface area contributed by atoms with Gasteiger partial charge in [-0.15, -0.1) is 0 Å². The number of hydrogen-bond acceptors (Lipinski definition) is 10. The average molecular weight is 723 g/mol. The molecule has 0 radical (unpaired) electrons. The standard InChI is InChI=1S/C27H42N6O6.C4H10N2O.C3H6O2/c1-15(2)24(32-23(35)10-29-17(5)6)25(36)30-11-22(34)31-20-8-7-18(14-39-27(38)16(3)4)21(9-20)26(37)33-12-19(28)13-33;1-2-3-6-4(5)7;1-2-3(4)5/h7-9,15-17,19,24,29H,10-14,28H2,1-6H3,(H,30,36)(H,31,34)(H,32,35);2-3H2,1H3,(H3,5,6,7);2H2,1H3,(H,4,5). The Morgan fingerprint density at radius 3 is 2.00 bits per heavy atom. The minimum Gasteiger partial charge on any atom is -0.481 e. The van der Waals surface area contributed by atoms with Crippen LogP contribution in [0.3, 0.4) is 0 Å². The molecule has 1 heterocycles. The summed E-state index contributed by atoms with van der Waals surface area (Å²) in [5.74, 6) is -3.24. The number of hydrogen-bond donors (Lipinski definition) is 8. The Morgan fingerprint density at radius 2 is 1.55 bits per heavy atom. The zero-order valence-electron chi connectivity index (χ0n) is 31.1. The third-order valence-corrected chi connectivity index (χ3v) is 6.87. The smallest absolute Gasteiger partial charge is 0.312 e. The molecule has 288 valence electrons. The Balaban J connectivity index is 0.00000178. The fourth-order valence-electron chi connectivity index (χ4n) is 3.93. The highest BCUT2D eigenvalue weighted by molar-refractivity contribution is 6.00. The van der Waals surface area contributed by atoms with E-state index in [9.17, 15) is 33.6 Å². The first-order valence-corrected chi connectivity index (χ1v) is 17.0. The van der Waals surface area contributed by atoms with Gasteiger partial charge in [-0.3, -0.25) is 28.8 Å². The van der Waals surface area contributed by atoms with E-state index in [1.165, 1.54) is 6.07 Å². The predicted octanol–water partition coefficient (Wildman–Crippen LogP) is 0.908. The Hall–Kier alpha value is -4.77. The fraction of sp³-hybridized carbons (Fsp3) is 0.618. The summed E-state index contributed by atoms with van der Waals surface area (Å²) < 4.78 is 5.31. The number of carbonyl (C=O) groups is 7. The monoisotopic (exact) mass is 722 g/mol. The quantitative estimate of drug-likeness (QED) is 0.111. The van der Waals surface area contributed by atoms with Crippen molar-refractivity contribution in [1.29, 1.82) is 0 Å². The summed E-state index contributed by atoms with van der Waals surface area (Å²) in [6, 6.07) is 3.51. The lowest BCUT2D eigenvalue weighted by molar-refractivity contribution is -0.148. The number of ether oxygens (including phenoxy) is 1. The maximum absolute atomic E-state index is 13.1. The van der Waals surface area contributed by atoms with Crippen LogP contribution in [-0.4, -0.2) is 102 Å². The van der Waals surface area contributed by atoms with Crippen LogP contribution in [0.5, 0.6) is 0 Å². The second-order valence-corrected chi connectivity index (χ2v) is 12.7. The number of amides is 6. The summed E-state index contributed by atoms with van der Waals surface area (Å²) in [6.45, 7) is 15.6. The summed E-state index contributed by atoms with van der Waals surface area (Å²) >= 11 is 0. The summed E-state index contributed by atoms with van der Waals surface area (Å²) in [5, 5.41) is 21.1. The fourth-order valence-corrected chi connectivity index (χ4v) is 3.93. The van der Waals surface area contributed by atoms with Crippen LogP contribution < -0.4 is 38.1 Å². The number of carboxylic acids is 1. The van der Waals surface area contributed by atoms with Gasteiger partial charge in [0, 0.05) is 55.0 Å². The molecule has 2 rings (SSSR count). The lowest BCUT2D eigenvalue weighted by atomic mass is 10.0. The largest absolute Gasteiger partial charge is 0.481 e. The maximum atomic E-state index is 13.1. The SMILES string of the molecule is CC(C)NCC(=O)NC(C(=O)NCC(=O)Nc1ccc(COC(=O)C(C)C)c(C(=O)N2CC(N)C2)c1)C(C)C.CCC(=O)O.CCCNC(N)=O. The molecule has 1 atom stereocenters. The molecular formula is C34H58N8O9. The van der Waals surface area contributed by atoms with Gasteiger partial charge in [-0.25, -0.2) is 4.79 Å². The number of likely N-dealkylation sites (tertiary alicyclic amines) is 1. The molecule has 0 aromatic heterocycles. The van der Waals surface area contributed by atoms with E-state index in [0.29, 0.717) is 30.9 Å². The molecule has 10 N–H and O–H groups in total. The van der Waals surface area contributed by atoms with Crippen molar-refractivity contribution >= 4 is 47.3 Å². The molecule has 1 aromatic carbocycles. The van der Waals surface area contributed by atoms with Crippen LogP contribution in [0.2, 0.25) is 0 Å². The molecule has 1 fully saturated rings. The topological polar surface area (TPSA) is 264 Å². The van der Waals surface area contributed by atoms with E-state index in [2.05, 4.69) is 26.6 Å². The van der Waals surface area contributed by atoms with Crippen molar-refractivity contribution in [3.05, 3.63) is 29.3 Å². The molecule has 0 saturated carbocycles. The van der Waals surface area contributed by atoms with Gasteiger partial charge in [-0.2, -0.15) is 0 Å². The molecule has 6 amide bonds. The van der Waals surface area contributed by atoms with Gasteiger partial charge in [0.25, 0.3) is 5.91 Å². The number of nitrogens with one attached hydrogen (secondary N) is 5. The van der Waals surface area contributed by atoms with Crippen molar-refractivity contribution in [1.82, 2.24) is 26.2 Å². The van der Waals surface area contributed by atoms with E-state index < -0.39 is 29.9 Å². The molecule has 0 spiro atoms. The van der Waals surface area contributed by atoms with Gasteiger partial charge in [-0.1, -0.05) is 61.5 Å². The van der Waals surface area contributed by atoms with Gasteiger partial charge in [-0.05, 0) is 24.5 Å². The van der Waals surface area contributed by atoms with E-state index in [1.54, 1.807) is 51.7 Å². The third-order valence-electron chi connectivity index (χ3n) is 6.87. The molecule has 0 aliphatic carbocycles. The summed E-state index contributed by atoms with van der Waals surface area (Å²) in [5.41, 5.74) is 11.7. The first-order valence-electron chi connectivity index (χ1n) is 17.0. The minimum atomic E-state index is -0.806. The second kappa shape index (κ2) is 24.4. The number of anilines is 1. The lowest BCUT2D eigenvalue weighted by Gasteiger charge is -2.37. The molecule has 1 unspecified atom stereocenters. The van der Waals surface area contributed by atoms with E-state index in [-0.39, 0.29) is 73.4 Å². The van der Waals surface area contributed by atoms with Crippen LogP contribution in [0.1, 0.15) is 84.2 Å².